The highest BCUT2D eigenvalue weighted by Crippen LogP contribution is 2.26. The Balaban J connectivity index is 0.00000300. The first-order valence-corrected chi connectivity index (χ1v) is 10.9. The number of guanidine groups is 1. The molecule has 2 N–H and O–H groups in total. The Hall–Kier alpha value is -1.31. The molecule has 1 saturated heterocycles. The van der Waals surface area contributed by atoms with Gasteiger partial charge in [0.2, 0.25) is 5.91 Å². The van der Waals surface area contributed by atoms with E-state index in [1.807, 2.05) is 7.05 Å². The van der Waals surface area contributed by atoms with E-state index in [4.69, 9.17) is 0 Å². The molecule has 1 aliphatic heterocycles. The largest absolute Gasteiger partial charge is 0.356 e. The number of hydrogen-bond acceptors (Lipinski definition) is 2. The Morgan fingerprint density at radius 3 is 2.69 bits per heavy atom. The molecule has 6 heteroatoms. The van der Waals surface area contributed by atoms with Crippen molar-refractivity contribution in [1.82, 2.24) is 15.5 Å². The van der Waals surface area contributed by atoms with Gasteiger partial charge >= 0.3 is 0 Å². The third-order valence-electron chi connectivity index (χ3n) is 6.21. The molecule has 1 saturated carbocycles. The Morgan fingerprint density at radius 1 is 1.24 bits per heavy atom. The van der Waals surface area contributed by atoms with E-state index in [0.717, 1.165) is 44.9 Å². The van der Waals surface area contributed by atoms with Crippen LogP contribution in [0.25, 0.3) is 0 Å². The van der Waals surface area contributed by atoms with Gasteiger partial charge < -0.3 is 15.5 Å². The molecule has 1 aromatic rings. The summed E-state index contributed by atoms with van der Waals surface area (Å²) in [5, 5.41) is 6.97. The first kappa shape index (κ1) is 24.0. The summed E-state index contributed by atoms with van der Waals surface area (Å²) in [5.41, 5.74) is 2.63. The van der Waals surface area contributed by atoms with Gasteiger partial charge in [-0.3, -0.25) is 9.79 Å². The zero-order chi connectivity index (χ0) is 19.9. The summed E-state index contributed by atoms with van der Waals surface area (Å²) in [7, 11) is 1.81. The fourth-order valence-corrected chi connectivity index (χ4v) is 4.42. The van der Waals surface area contributed by atoms with Crippen LogP contribution in [0.15, 0.2) is 29.3 Å². The Bertz CT molecular complexity index is 687. The van der Waals surface area contributed by atoms with Gasteiger partial charge in [-0.05, 0) is 37.7 Å². The second-order valence-electron chi connectivity index (χ2n) is 8.52. The molecule has 1 heterocycles. The van der Waals surface area contributed by atoms with Crippen LogP contribution in [0.1, 0.15) is 62.5 Å². The molecule has 162 valence electrons. The summed E-state index contributed by atoms with van der Waals surface area (Å²) in [5.74, 6) is 1.88. The maximum absolute atomic E-state index is 12.8. The highest BCUT2D eigenvalue weighted by molar-refractivity contribution is 14.0. The van der Waals surface area contributed by atoms with Crippen LogP contribution in [0.5, 0.6) is 0 Å². The predicted molar refractivity (Wildman–Crippen MR) is 131 cm³/mol. The summed E-state index contributed by atoms with van der Waals surface area (Å²) in [6.45, 7) is 6.85. The highest BCUT2D eigenvalue weighted by atomic mass is 127. The minimum Gasteiger partial charge on any atom is -0.356 e. The second kappa shape index (κ2) is 11.8. The van der Waals surface area contributed by atoms with Gasteiger partial charge in [0.05, 0.1) is 0 Å². The summed E-state index contributed by atoms with van der Waals surface area (Å²) >= 11 is 0. The van der Waals surface area contributed by atoms with E-state index in [2.05, 4.69) is 58.6 Å². The lowest BCUT2D eigenvalue weighted by Crippen LogP contribution is -2.46. The average Bonchev–Trinajstić information content (AvgIpc) is 3.19. The van der Waals surface area contributed by atoms with Crippen molar-refractivity contribution in [2.75, 3.05) is 26.7 Å². The minimum absolute atomic E-state index is 0. The van der Waals surface area contributed by atoms with Crippen LogP contribution in [0.4, 0.5) is 0 Å². The lowest BCUT2D eigenvalue weighted by atomic mass is 9.88. The van der Waals surface area contributed by atoms with E-state index in [9.17, 15) is 4.79 Å². The van der Waals surface area contributed by atoms with E-state index in [-0.39, 0.29) is 35.9 Å². The fraction of sp³-hybridized carbons (Fsp3) is 0.652. The van der Waals surface area contributed by atoms with Gasteiger partial charge in [0, 0.05) is 38.6 Å². The lowest BCUT2D eigenvalue weighted by molar-refractivity contribution is -0.135. The van der Waals surface area contributed by atoms with Crippen LogP contribution in [-0.4, -0.2) is 49.5 Å². The summed E-state index contributed by atoms with van der Waals surface area (Å²) in [6, 6.07) is 8.96. The van der Waals surface area contributed by atoms with E-state index >= 15 is 0 Å². The molecule has 5 nitrogen and oxygen atoms in total. The molecule has 0 aromatic heterocycles. The number of nitrogens with zero attached hydrogens (tertiary/aromatic N) is 2. The topological polar surface area (TPSA) is 56.7 Å². The predicted octanol–water partition coefficient (Wildman–Crippen LogP) is 4.06. The second-order valence-corrected chi connectivity index (χ2v) is 8.52. The van der Waals surface area contributed by atoms with Crippen molar-refractivity contribution < 1.29 is 4.79 Å². The van der Waals surface area contributed by atoms with Crippen LogP contribution in [-0.2, 0) is 4.79 Å². The molecule has 2 unspecified atom stereocenters. The van der Waals surface area contributed by atoms with Gasteiger partial charge in [-0.15, -0.1) is 24.0 Å². The smallest absolute Gasteiger partial charge is 0.225 e. The monoisotopic (exact) mass is 512 g/mol. The van der Waals surface area contributed by atoms with Crippen molar-refractivity contribution in [2.45, 2.75) is 64.3 Å². The van der Waals surface area contributed by atoms with Gasteiger partial charge in [0.25, 0.3) is 0 Å². The SMILES string of the molecule is CN=C(NCC(C)c1cccc(C)c1)NC1CCN(C(=O)C2CCCCC2)C1.I. The quantitative estimate of drug-likeness (QED) is 0.356. The van der Waals surface area contributed by atoms with Crippen molar-refractivity contribution in [3.63, 3.8) is 0 Å². The molecule has 3 rings (SSSR count). The van der Waals surface area contributed by atoms with Gasteiger partial charge in [-0.2, -0.15) is 0 Å². The van der Waals surface area contributed by atoms with Crippen LogP contribution in [0.3, 0.4) is 0 Å². The number of amides is 1. The van der Waals surface area contributed by atoms with E-state index in [0.29, 0.717) is 11.8 Å². The van der Waals surface area contributed by atoms with E-state index in [1.165, 1.54) is 30.4 Å². The zero-order valence-electron chi connectivity index (χ0n) is 18.1. The number of aliphatic imine (C=N–C) groups is 1. The molecule has 1 amide bonds. The molecule has 29 heavy (non-hydrogen) atoms. The fourth-order valence-electron chi connectivity index (χ4n) is 4.42. The van der Waals surface area contributed by atoms with Gasteiger partial charge in [-0.1, -0.05) is 56.0 Å². The molecule has 2 aliphatic rings. The first-order chi connectivity index (χ1) is 13.6. The summed E-state index contributed by atoms with van der Waals surface area (Å²) in [4.78, 5) is 19.2. The molecule has 2 atom stereocenters. The minimum atomic E-state index is 0. The number of hydrogen-bond donors (Lipinski definition) is 2. The number of likely N-dealkylation sites (tertiary alicyclic amines) is 1. The maximum atomic E-state index is 12.8. The van der Waals surface area contributed by atoms with Crippen molar-refractivity contribution >= 4 is 35.8 Å². The Kier molecular flexibility index (Phi) is 9.72. The van der Waals surface area contributed by atoms with Crippen LogP contribution >= 0.6 is 24.0 Å². The molecular formula is C23H37IN4O. The van der Waals surface area contributed by atoms with Crippen molar-refractivity contribution in [3.05, 3.63) is 35.4 Å². The van der Waals surface area contributed by atoms with E-state index in [1.54, 1.807) is 0 Å². The molecule has 1 aromatic carbocycles. The van der Waals surface area contributed by atoms with Gasteiger partial charge in [0.15, 0.2) is 5.96 Å². The number of aryl methyl sites for hydroxylation is 1. The van der Waals surface area contributed by atoms with Crippen molar-refractivity contribution in [2.24, 2.45) is 10.9 Å². The number of carbonyl (C=O) groups is 1. The third kappa shape index (κ3) is 6.86. The van der Waals surface area contributed by atoms with Crippen LogP contribution in [0.2, 0.25) is 0 Å². The number of halogens is 1. The summed E-state index contributed by atoms with van der Waals surface area (Å²) in [6.07, 6.45) is 6.85. The number of carbonyl (C=O) groups excluding carboxylic acids is 1. The molecular weight excluding hydrogens is 475 g/mol. The van der Waals surface area contributed by atoms with Gasteiger partial charge in [-0.25, -0.2) is 0 Å². The van der Waals surface area contributed by atoms with Crippen molar-refractivity contribution in [1.29, 1.82) is 0 Å². The molecule has 0 spiro atoms. The van der Waals surface area contributed by atoms with Crippen LogP contribution in [0, 0.1) is 12.8 Å². The Labute approximate surface area is 193 Å². The number of nitrogens with one attached hydrogen (secondary N) is 2. The molecule has 0 bridgehead atoms. The number of rotatable bonds is 5. The third-order valence-corrected chi connectivity index (χ3v) is 6.21. The first-order valence-electron chi connectivity index (χ1n) is 10.9. The molecule has 1 aliphatic carbocycles. The van der Waals surface area contributed by atoms with Gasteiger partial charge in [0.1, 0.15) is 0 Å². The zero-order valence-corrected chi connectivity index (χ0v) is 20.4. The maximum Gasteiger partial charge on any atom is 0.225 e. The summed E-state index contributed by atoms with van der Waals surface area (Å²) < 4.78 is 0. The van der Waals surface area contributed by atoms with Crippen LogP contribution < -0.4 is 10.6 Å². The number of benzene rings is 1. The average molecular weight is 512 g/mol. The highest BCUT2D eigenvalue weighted by Gasteiger charge is 2.31. The Morgan fingerprint density at radius 2 is 2.00 bits per heavy atom. The van der Waals surface area contributed by atoms with E-state index < -0.39 is 0 Å². The molecule has 2 fully saturated rings. The lowest BCUT2D eigenvalue weighted by Gasteiger charge is -2.26. The molecule has 0 radical (unpaired) electrons. The van der Waals surface area contributed by atoms with Crippen molar-refractivity contribution in [3.8, 4) is 0 Å². The normalized spacial score (nSPS) is 21.4. The standard InChI is InChI=1S/C23H36N4O.HI/c1-17-8-7-11-20(14-17)18(2)15-25-23(24-3)26-21-12-13-27(16-21)22(28)19-9-5-4-6-10-19;/h7-8,11,14,18-19,21H,4-6,9-10,12-13,15-16H2,1-3H3,(H2,24,25,26);1H.